The molecule has 0 saturated carbocycles. The molecule has 0 aromatic heterocycles. The fourth-order valence-corrected chi connectivity index (χ4v) is 2.95. The normalized spacial score (nSPS) is 18.3. The summed E-state index contributed by atoms with van der Waals surface area (Å²) in [5.41, 5.74) is 2.70. The number of aryl methyl sites for hydroxylation is 1. The van der Waals surface area contributed by atoms with Crippen molar-refractivity contribution in [3.05, 3.63) is 35.4 Å². The number of carboxylic acid groups (broad SMARTS) is 1. The van der Waals surface area contributed by atoms with Crippen molar-refractivity contribution in [3.63, 3.8) is 0 Å². The number of likely N-dealkylation sites (N-methyl/N-ethyl adjacent to an activating group) is 1. The third-order valence-electron chi connectivity index (χ3n) is 3.95. The van der Waals surface area contributed by atoms with Gasteiger partial charge in [-0.3, -0.25) is 9.69 Å². The molecule has 4 nitrogen and oxygen atoms in total. The third-order valence-corrected chi connectivity index (χ3v) is 3.95. The molecule has 1 aromatic carbocycles. The quantitative estimate of drug-likeness (QED) is 0.863. The molecule has 1 aliphatic carbocycles. The molecule has 0 bridgehead atoms. The minimum atomic E-state index is -0.744. The summed E-state index contributed by atoms with van der Waals surface area (Å²) in [4.78, 5) is 15.4. The summed E-state index contributed by atoms with van der Waals surface area (Å²) in [7, 11) is 4.04. The van der Waals surface area contributed by atoms with Crippen LogP contribution in [0, 0.1) is 0 Å². The number of aliphatic carboxylic acids is 1. The van der Waals surface area contributed by atoms with E-state index in [0.717, 1.165) is 32.4 Å². The van der Waals surface area contributed by atoms with Crippen LogP contribution in [0.4, 0.5) is 0 Å². The van der Waals surface area contributed by atoms with E-state index in [1.54, 1.807) is 0 Å². The predicted molar refractivity (Wildman–Crippen MR) is 79.9 cm³/mol. The van der Waals surface area contributed by atoms with Crippen molar-refractivity contribution < 1.29 is 9.90 Å². The Morgan fingerprint density at radius 3 is 2.75 bits per heavy atom. The fraction of sp³-hybridized carbons (Fsp3) is 0.562. The van der Waals surface area contributed by atoms with Gasteiger partial charge < -0.3 is 10.0 Å². The van der Waals surface area contributed by atoms with E-state index in [0.29, 0.717) is 0 Å². The van der Waals surface area contributed by atoms with Crippen LogP contribution in [0.25, 0.3) is 0 Å². The molecule has 1 N–H and O–H groups in total. The van der Waals surface area contributed by atoms with Crippen LogP contribution >= 0.6 is 0 Å². The lowest BCUT2D eigenvalue weighted by molar-refractivity contribution is -0.139. The average Bonchev–Trinajstić information content (AvgIpc) is 2.42. The molecular formula is C16H24N2O2. The molecule has 0 fully saturated rings. The first-order valence-electron chi connectivity index (χ1n) is 7.26. The molecule has 0 amide bonds. The number of carbonyl (C=O) groups is 1. The zero-order valence-corrected chi connectivity index (χ0v) is 12.4. The molecular weight excluding hydrogens is 252 g/mol. The first kappa shape index (κ1) is 15.0. The van der Waals surface area contributed by atoms with E-state index in [1.165, 1.54) is 11.1 Å². The van der Waals surface area contributed by atoms with Crippen LogP contribution in [-0.4, -0.2) is 54.6 Å². The van der Waals surface area contributed by atoms with E-state index in [9.17, 15) is 9.90 Å². The predicted octanol–water partition coefficient (Wildman–Crippen LogP) is 2.01. The fourth-order valence-electron chi connectivity index (χ4n) is 2.95. The van der Waals surface area contributed by atoms with Gasteiger partial charge in [0.15, 0.2) is 0 Å². The van der Waals surface area contributed by atoms with Crippen LogP contribution in [0.2, 0.25) is 0 Å². The average molecular weight is 276 g/mol. The highest BCUT2D eigenvalue weighted by atomic mass is 16.4. The van der Waals surface area contributed by atoms with Crippen LogP contribution < -0.4 is 0 Å². The van der Waals surface area contributed by atoms with E-state index < -0.39 is 5.97 Å². The number of fused-ring (bicyclic) bond motifs is 1. The Labute approximate surface area is 121 Å². The summed E-state index contributed by atoms with van der Waals surface area (Å²) in [5.74, 6) is -0.744. The van der Waals surface area contributed by atoms with Gasteiger partial charge in [0.25, 0.3) is 0 Å². The highest BCUT2D eigenvalue weighted by Gasteiger charge is 2.26. The van der Waals surface area contributed by atoms with Crippen molar-refractivity contribution in [2.24, 2.45) is 0 Å². The highest BCUT2D eigenvalue weighted by molar-refractivity contribution is 5.69. The molecule has 110 valence electrons. The van der Waals surface area contributed by atoms with E-state index in [-0.39, 0.29) is 12.6 Å². The molecule has 0 spiro atoms. The van der Waals surface area contributed by atoms with Crippen molar-refractivity contribution in [1.82, 2.24) is 9.80 Å². The Morgan fingerprint density at radius 1 is 1.30 bits per heavy atom. The van der Waals surface area contributed by atoms with Crippen LogP contribution in [0.5, 0.6) is 0 Å². The SMILES string of the molecule is CN(C)CCN(CC(=O)O)C1CCCc2ccccc21. The Morgan fingerprint density at radius 2 is 2.05 bits per heavy atom. The summed E-state index contributed by atoms with van der Waals surface area (Å²) in [5, 5.41) is 9.17. The second-order valence-electron chi connectivity index (χ2n) is 5.77. The van der Waals surface area contributed by atoms with Gasteiger partial charge in [-0.1, -0.05) is 24.3 Å². The maximum atomic E-state index is 11.2. The molecule has 2 rings (SSSR count). The molecule has 1 atom stereocenters. The van der Waals surface area contributed by atoms with Crippen LogP contribution in [-0.2, 0) is 11.2 Å². The molecule has 20 heavy (non-hydrogen) atoms. The topological polar surface area (TPSA) is 43.8 Å². The largest absolute Gasteiger partial charge is 0.480 e. The lowest BCUT2D eigenvalue weighted by Crippen LogP contribution is -2.39. The van der Waals surface area contributed by atoms with Gasteiger partial charge in [0.2, 0.25) is 0 Å². The Balaban J connectivity index is 2.18. The van der Waals surface area contributed by atoms with Gasteiger partial charge in [-0.25, -0.2) is 0 Å². The smallest absolute Gasteiger partial charge is 0.317 e. The van der Waals surface area contributed by atoms with E-state index in [4.69, 9.17) is 0 Å². The van der Waals surface area contributed by atoms with Crippen LogP contribution in [0.1, 0.15) is 30.0 Å². The van der Waals surface area contributed by atoms with Gasteiger partial charge in [-0.15, -0.1) is 0 Å². The van der Waals surface area contributed by atoms with E-state index >= 15 is 0 Å². The highest BCUT2D eigenvalue weighted by Crippen LogP contribution is 2.33. The molecule has 1 unspecified atom stereocenters. The summed E-state index contributed by atoms with van der Waals surface area (Å²) in [6, 6.07) is 8.71. The van der Waals surface area contributed by atoms with Gasteiger partial charge in [0, 0.05) is 19.1 Å². The van der Waals surface area contributed by atoms with E-state index in [2.05, 4.69) is 34.1 Å². The first-order valence-corrected chi connectivity index (χ1v) is 7.26. The minimum Gasteiger partial charge on any atom is -0.480 e. The number of hydrogen-bond donors (Lipinski definition) is 1. The van der Waals surface area contributed by atoms with Gasteiger partial charge in [-0.2, -0.15) is 0 Å². The van der Waals surface area contributed by atoms with Gasteiger partial charge >= 0.3 is 5.97 Å². The van der Waals surface area contributed by atoms with Crippen molar-refractivity contribution in [1.29, 1.82) is 0 Å². The summed E-state index contributed by atoms with van der Waals surface area (Å²) in [6.07, 6.45) is 3.30. The van der Waals surface area contributed by atoms with Gasteiger partial charge in [0.05, 0.1) is 6.54 Å². The zero-order valence-electron chi connectivity index (χ0n) is 12.4. The summed E-state index contributed by atoms with van der Waals surface area (Å²) in [6.45, 7) is 1.79. The molecule has 1 aromatic rings. The molecule has 0 heterocycles. The van der Waals surface area contributed by atoms with Crippen molar-refractivity contribution in [2.45, 2.75) is 25.3 Å². The molecule has 0 radical (unpaired) electrons. The van der Waals surface area contributed by atoms with Crippen LogP contribution in [0.3, 0.4) is 0 Å². The molecule has 4 heteroatoms. The minimum absolute atomic E-state index is 0.118. The third kappa shape index (κ3) is 3.81. The van der Waals surface area contributed by atoms with Crippen molar-refractivity contribution in [2.75, 3.05) is 33.7 Å². The van der Waals surface area contributed by atoms with Gasteiger partial charge in [0.1, 0.15) is 0 Å². The van der Waals surface area contributed by atoms with Gasteiger partial charge in [-0.05, 0) is 44.5 Å². The van der Waals surface area contributed by atoms with E-state index in [1.807, 2.05) is 14.1 Å². The Bertz CT molecular complexity index is 460. The number of nitrogens with zero attached hydrogens (tertiary/aromatic N) is 2. The maximum absolute atomic E-state index is 11.2. The lowest BCUT2D eigenvalue weighted by Gasteiger charge is -2.35. The molecule has 1 aliphatic rings. The monoisotopic (exact) mass is 276 g/mol. The lowest BCUT2D eigenvalue weighted by atomic mass is 9.87. The Kier molecular flexibility index (Phi) is 5.15. The standard InChI is InChI=1S/C16H24N2O2/c1-17(2)10-11-18(12-16(19)20)15-9-5-7-13-6-3-4-8-14(13)15/h3-4,6,8,15H,5,7,9-12H2,1-2H3,(H,19,20). The summed E-state index contributed by atoms with van der Waals surface area (Å²) < 4.78 is 0. The summed E-state index contributed by atoms with van der Waals surface area (Å²) >= 11 is 0. The van der Waals surface area contributed by atoms with Crippen molar-refractivity contribution >= 4 is 5.97 Å². The van der Waals surface area contributed by atoms with Crippen LogP contribution in [0.15, 0.2) is 24.3 Å². The molecule has 0 aliphatic heterocycles. The first-order chi connectivity index (χ1) is 9.58. The maximum Gasteiger partial charge on any atom is 0.317 e. The number of rotatable bonds is 6. The number of benzene rings is 1. The van der Waals surface area contributed by atoms with Crippen molar-refractivity contribution in [3.8, 4) is 0 Å². The zero-order chi connectivity index (χ0) is 14.5. The number of hydrogen-bond acceptors (Lipinski definition) is 3. The second kappa shape index (κ2) is 6.86. The second-order valence-corrected chi connectivity index (χ2v) is 5.77. The number of carboxylic acids is 1. The molecule has 0 saturated heterocycles. The Hall–Kier alpha value is -1.39.